The van der Waals surface area contributed by atoms with Gasteiger partial charge in [0.15, 0.2) is 5.82 Å². The van der Waals surface area contributed by atoms with Gasteiger partial charge in [-0.25, -0.2) is 0 Å². The van der Waals surface area contributed by atoms with Gasteiger partial charge in [-0.15, -0.1) is 0 Å². The van der Waals surface area contributed by atoms with Gasteiger partial charge in [0, 0.05) is 0 Å². The Bertz CT molecular complexity index is 484. The number of nitrogens with one attached hydrogen (secondary N) is 1. The second kappa shape index (κ2) is 4.55. The quantitative estimate of drug-likeness (QED) is 0.841. The average molecular weight is 233 g/mol. The number of nitrogens with zero attached hydrogens (tertiary/aromatic N) is 2. The van der Waals surface area contributed by atoms with Crippen LogP contribution in [0, 0.1) is 6.92 Å². The smallest absolute Gasteiger partial charge is 0.322 e. The number of benzene rings is 1. The molecule has 0 aliphatic rings. The molecule has 0 aliphatic carbocycles. The predicted octanol–water partition coefficient (Wildman–Crippen LogP) is 1.70. The molecular weight excluding hydrogens is 218 g/mol. The Hall–Kier alpha value is -1.88. The highest BCUT2D eigenvalue weighted by atomic mass is 16.5. The minimum atomic E-state index is -0.639. The number of aliphatic hydroxyl groups is 1. The van der Waals surface area contributed by atoms with Crippen molar-refractivity contribution in [2.24, 2.45) is 0 Å². The number of aryl methyl sites for hydroxylation is 1. The molecule has 1 heterocycles. The molecule has 2 N–H and O–H groups in total. The van der Waals surface area contributed by atoms with E-state index in [1.54, 1.807) is 6.92 Å². The van der Waals surface area contributed by atoms with Crippen molar-refractivity contribution in [3.05, 3.63) is 41.7 Å². The van der Waals surface area contributed by atoms with Gasteiger partial charge in [-0.1, -0.05) is 35.5 Å². The summed E-state index contributed by atoms with van der Waals surface area (Å²) in [5.41, 5.74) is 0.318. The summed E-state index contributed by atoms with van der Waals surface area (Å²) in [5.74, 6) is 0.556. The normalized spacial score (nSPS) is 14.3. The molecule has 2 rings (SSSR count). The third-order valence-electron chi connectivity index (χ3n) is 2.64. The number of rotatable bonds is 4. The lowest BCUT2D eigenvalue weighted by molar-refractivity contribution is 0.220. The summed E-state index contributed by atoms with van der Waals surface area (Å²) in [5, 5.41) is 16.3. The first-order valence-corrected chi connectivity index (χ1v) is 5.39. The number of hydrogen-bond donors (Lipinski definition) is 2. The van der Waals surface area contributed by atoms with E-state index in [0.717, 1.165) is 5.56 Å². The fourth-order valence-corrected chi connectivity index (χ4v) is 1.59. The van der Waals surface area contributed by atoms with Crippen LogP contribution < -0.4 is 5.32 Å². The molecule has 1 aromatic heterocycles. The van der Waals surface area contributed by atoms with Crippen molar-refractivity contribution < 1.29 is 9.63 Å². The first-order chi connectivity index (χ1) is 8.14. The zero-order chi connectivity index (χ0) is 12.3. The number of anilines is 1. The molecule has 0 saturated carbocycles. The lowest BCUT2D eigenvalue weighted by Crippen LogP contribution is -2.35. The summed E-state index contributed by atoms with van der Waals surface area (Å²) in [6, 6.07) is 9.95. The largest absolute Gasteiger partial charge is 0.394 e. The van der Waals surface area contributed by atoms with Gasteiger partial charge in [0.25, 0.3) is 0 Å². The zero-order valence-corrected chi connectivity index (χ0v) is 9.84. The van der Waals surface area contributed by atoms with Crippen LogP contribution in [-0.4, -0.2) is 21.9 Å². The van der Waals surface area contributed by atoms with Crippen molar-refractivity contribution in [1.29, 1.82) is 0 Å². The van der Waals surface area contributed by atoms with E-state index in [1.165, 1.54) is 0 Å². The van der Waals surface area contributed by atoms with E-state index in [9.17, 15) is 5.11 Å². The van der Waals surface area contributed by atoms with Gasteiger partial charge in [0.1, 0.15) is 0 Å². The van der Waals surface area contributed by atoms with Gasteiger partial charge >= 0.3 is 6.01 Å². The van der Waals surface area contributed by atoms with Crippen LogP contribution in [0.4, 0.5) is 6.01 Å². The second-order valence-corrected chi connectivity index (χ2v) is 4.13. The Balaban J connectivity index is 2.26. The molecular formula is C12H15N3O2. The van der Waals surface area contributed by atoms with E-state index >= 15 is 0 Å². The highest BCUT2D eigenvalue weighted by Gasteiger charge is 2.27. The van der Waals surface area contributed by atoms with Crippen molar-refractivity contribution in [3.8, 4) is 0 Å². The van der Waals surface area contributed by atoms with Crippen LogP contribution in [0.15, 0.2) is 34.9 Å². The molecule has 0 radical (unpaired) electrons. The average Bonchev–Trinajstić information content (AvgIpc) is 2.75. The monoisotopic (exact) mass is 233 g/mol. The summed E-state index contributed by atoms with van der Waals surface area (Å²) in [6.07, 6.45) is 0. The van der Waals surface area contributed by atoms with Gasteiger partial charge in [-0.05, 0) is 19.4 Å². The summed E-state index contributed by atoms with van der Waals surface area (Å²) in [4.78, 5) is 4.07. The molecule has 5 nitrogen and oxygen atoms in total. The van der Waals surface area contributed by atoms with Crippen LogP contribution in [0.1, 0.15) is 18.3 Å². The molecule has 0 bridgehead atoms. The topological polar surface area (TPSA) is 71.2 Å². The lowest BCUT2D eigenvalue weighted by atomic mass is 9.93. The van der Waals surface area contributed by atoms with Crippen molar-refractivity contribution in [3.63, 3.8) is 0 Å². The van der Waals surface area contributed by atoms with Crippen molar-refractivity contribution in [2.45, 2.75) is 19.4 Å². The molecule has 0 aliphatic heterocycles. The molecule has 5 heteroatoms. The van der Waals surface area contributed by atoms with Gasteiger partial charge in [0.05, 0.1) is 12.1 Å². The SMILES string of the molecule is Cc1noc(NC(C)(CO)c2ccccc2)n1. The summed E-state index contributed by atoms with van der Waals surface area (Å²) in [6.45, 7) is 3.55. The molecule has 2 aromatic rings. The first-order valence-electron chi connectivity index (χ1n) is 5.39. The highest BCUT2D eigenvalue weighted by Crippen LogP contribution is 2.24. The van der Waals surface area contributed by atoms with Gasteiger partial charge in [-0.2, -0.15) is 4.98 Å². The standard InChI is InChI=1S/C12H15N3O2/c1-9-13-11(17-15-9)14-12(2,8-16)10-6-4-3-5-7-10/h3-7,16H,8H2,1-2H3,(H,13,14,15). The number of aliphatic hydroxyl groups excluding tert-OH is 1. The van der Waals surface area contributed by atoms with Crippen LogP contribution in [0.3, 0.4) is 0 Å². The van der Waals surface area contributed by atoms with Gasteiger partial charge in [-0.3, -0.25) is 0 Å². The van der Waals surface area contributed by atoms with E-state index in [2.05, 4.69) is 15.5 Å². The van der Waals surface area contributed by atoms with Crippen LogP contribution in [0.5, 0.6) is 0 Å². The molecule has 1 unspecified atom stereocenters. The van der Waals surface area contributed by atoms with Crippen LogP contribution in [-0.2, 0) is 5.54 Å². The minimum Gasteiger partial charge on any atom is -0.394 e. The third-order valence-corrected chi connectivity index (χ3v) is 2.64. The Morgan fingerprint density at radius 1 is 1.35 bits per heavy atom. The van der Waals surface area contributed by atoms with Crippen molar-refractivity contribution in [1.82, 2.24) is 10.1 Å². The Kier molecular flexibility index (Phi) is 3.10. The Morgan fingerprint density at radius 2 is 2.06 bits per heavy atom. The number of hydrogen-bond acceptors (Lipinski definition) is 5. The van der Waals surface area contributed by atoms with Crippen LogP contribution in [0.25, 0.3) is 0 Å². The molecule has 90 valence electrons. The fourth-order valence-electron chi connectivity index (χ4n) is 1.59. The van der Waals surface area contributed by atoms with E-state index in [-0.39, 0.29) is 6.61 Å². The molecule has 0 fully saturated rings. The third kappa shape index (κ3) is 2.45. The highest BCUT2D eigenvalue weighted by molar-refractivity contribution is 5.34. The molecule has 1 atom stereocenters. The Morgan fingerprint density at radius 3 is 2.59 bits per heavy atom. The summed E-state index contributed by atoms with van der Waals surface area (Å²) >= 11 is 0. The maximum absolute atomic E-state index is 9.55. The maximum atomic E-state index is 9.55. The van der Waals surface area contributed by atoms with Gasteiger partial charge in [0.2, 0.25) is 0 Å². The fraction of sp³-hybridized carbons (Fsp3) is 0.333. The minimum absolute atomic E-state index is 0.0710. The molecule has 0 spiro atoms. The van der Waals surface area contributed by atoms with Crippen molar-refractivity contribution >= 4 is 6.01 Å². The Labute approximate surface area is 99.5 Å². The van der Waals surface area contributed by atoms with E-state index in [4.69, 9.17) is 4.52 Å². The van der Waals surface area contributed by atoms with Crippen LogP contribution in [0.2, 0.25) is 0 Å². The van der Waals surface area contributed by atoms with Gasteiger partial charge < -0.3 is 14.9 Å². The maximum Gasteiger partial charge on any atom is 0.322 e. The molecule has 0 amide bonds. The molecule has 1 aromatic carbocycles. The van der Waals surface area contributed by atoms with Crippen LogP contribution >= 0.6 is 0 Å². The lowest BCUT2D eigenvalue weighted by Gasteiger charge is -2.28. The zero-order valence-electron chi connectivity index (χ0n) is 9.84. The first kappa shape index (κ1) is 11.6. The van der Waals surface area contributed by atoms with E-state index in [1.807, 2.05) is 37.3 Å². The summed E-state index contributed by atoms with van der Waals surface area (Å²) in [7, 11) is 0. The summed E-state index contributed by atoms with van der Waals surface area (Å²) < 4.78 is 5.00. The second-order valence-electron chi connectivity index (χ2n) is 4.13. The van der Waals surface area contributed by atoms with E-state index < -0.39 is 5.54 Å². The number of aromatic nitrogens is 2. The van der Waals surface area contributed by atoms with Crippen molar-refractivity contribution in [2.75, 3.05) is 11.9 Å². The van der Waals surface area contributed by atoms with E-state index in [0.29, 0.717) is 11.8 Å². The predicted molar refractivity (Wildman–Crippen MR) is 63.5 cm³/mol. The molecule has 17 heavy (non-hydrogen) atoms. The molecule has 0 saturated heterocycles.